The number of hydrogen-bond acceptors (Lipinski definition) is 5. The summed E-state index contributed by atoms with van der Waals surface area (Å²) in [6, 6.07) is 12.1. The molecule has 0 bridgehead atoms. The van der Waals surface area contributed by atoms with Gasteiger partial charge in [-0.05, 0) is 31.9 Å². The molecule has 0 saturated carbocycles. The van der Waals surface area contributed by atoms with Crippen molar-refractivity contribution in [1.82, 2.24) is 10.2 Å². The molecule has 4 amide bonds. The maximum absolute atomic E-state index is 13.2. The minimum absolute atomic E-state index is 0.0523. The van der Waals surface area contributed by atoms with Crippen LogP contribution in [0.4, 0.5) is 10.5 Å². The predicted octanol–water partition coefficient (Wildman–Crippen LogP) is 3.20. The number of hydrogen-bond donors (Lipinski definition) is 2. The first-order valence-electron chi connectivity index (χ1n) is 10.8. The number of nitrogens with one attached hydrogen (secondary N) is 2. The van der Waals surface area contributed by atoms with E-state index in [0.717, 1.165) is 16.9 Å². The van der Waals surface area contributed by atoms with Gasteiger partial charge in [0, 0.05) is 18.1 Å². The number of benzene rings is 2. The molecule has 4 rings (SSSR count). The van der Waals surface area contributed by atoms with Crippen molar-refractivity contribution >= 4 is 23.5 Å². The molecule has 2 aliphatic rings. The van der Waals surface area contributed by atoms with Crippen LogP contribution in [0.3, 0.4) is 0 Å². The maximum Gasteiger partial charge on any atom is 0.325 e. The molecule has 2 heterocycles. The summed E-state index contributed by atoms with van der Waals surface area (Å²) in [4.78, 5) is 39.7. The van der Waals surface area contributed by atoms with E-state index in [4.69, 9.17) is 9.47 Å². The van der Waals surface area contributed by atoms with Gasteiger partial charge in [-0.1, -0.05) is 37.3 Å². The summed E-state index contributed by atoms with van der Waals surface area (Å²) in [6.45, 7) is 5.69. The summed E-state index contributed by atoms with van der Waals surface area (Å²) < 4.78 is 11.5. The van der Waals surface area contributed by atoms with Crippen LogP contribution in [0.25, 0.3) is 0 Å². The largest absolute Gasteiger partial charge is 0.492 e. The number of ether oxygens (including phenoxy) is 2. The van der Waals surface area contributed by atoms with E-state index in [0.29, 0.717) is 35.8 Å². The first-order chi connectivity index (χ1) is 15.4. The van der Waals surface area contributed by atoms with Crippen LogP contribution in [0, 0.1) is 0 Å². The zero-order chi connectivity index (χ0) is 22.9. The van der Waals surface area contributed by atoms with E-state index in [-0.39, 0.29) is 6.10 Å². The van der Waals surface area contributed by atoms with Gasteiger partial charge in [0.25, 0.3) is 5.91 Å². The molecule has 2 N–H and O–H groups in total. The zero-order valence-corrected chi connectivity index (χ0v) is 18.4. The van der Waals surface area contributed by atoms with Gasteiger partial charge in [0.1, 0.15) is 29.7 Å². The Hall–Kier alpha value is -3.55. The van der Waals surface area contributed by atoms with Crippen molar-refractivity contribution in [3.05, 3.63) is 53.6 Å². The predicted molar refractivity (Wildman–Crippen MR) is 119 cm³/mol. The van der Waals surface area contributed by atoms with Crippen molar-refractivity contribution in [3.8, 4) is 11.5 Å². The van der Waals surface area contributed by atoms with Crippen molar-refractivity contribution < 1.29 is 23.9 Å². The number of urea groups is 1. The minimum Gasteiger partial charge on any atom is -0.492 e. The topological polar surface area (TPSA) is 97.0 Å². The highest BCUT2D eigenvalue weighted by molar-refractivity contribution is 6.10. The monoisotopic (exact) mass is 437 g/mol. The van der Waals surface area contributed by atoms with E-state index in [1.54, 1.807) is 18.2 Å². The third kappa shape index (κ3) is 3.77. The van der Waals surface area contributed by atoms with Crippen LogP contribution in [0.15, 0.2) is 42.5 Å². The Balaban J connectivity index is 1.53. The van der Waals surface area contributed by atoms with E-state index >= 15 is 0 Å². The average Bonchev–Trinajstić information content (AvgIpc) is 3.25. The first kappa shape index (κ1) is 21.7. The van der Waals surface area contributed by atoms with Gasteiger partial charge in [-0.3, -0.25) is 14.5 Å². The van der Waals surface area contributed by atoms with Crippen LogP contribution < -0.4 is 20.1 Å². The number of carbonyl (C=O) groups is 3. The number of carbonyl (C=O) groups excluding carboxylic acids is 3. The number of fused-ring (bicyclic) bond motifs is 1. The van der Waals surface area contributed by atoms with Crippen molar-refractivity contribution in [2.45, 2.75) is 45.3 Å². The molecule has 0 unspecified atom stereocenters. The lowest BCUT2D eigenvalue weighted by Crippen LogP contribution is -2.44. The molecule has 0 radical (unpaired) electrons. The lowest BCUT2D eigenvalue weighted by Gasteiger charge is -2.25. The third-order valence-electron chi connectivity index (χ3n) is 5.85. The quantitative estimate of drug-likeness (QED) is 0.649. The Morgan fingerprint density at radius 1 is 1.25 bits per heavy atom. The number of anilines is 1. The Kier molecular flexibility index (Phi) is 5.78. The molecule has 168 valence electrons. The Labute approximate surface area is 186 Å². The fourth-order valence-corrected chi connectivity index (χ4v) is 4.28. The molecule has 8 nitrogen and oxygen atoms in total. The van der Waals surface area contributed by atoms with Gasteiger partial charge in [-0.15, -0.1) is 0 Å². The van der Waals surface area contributed by atoms with Crippen molar-refractivity contribution in [3.63, 3.8) is 0 Å². The number of amides is 4. The van der Waals surface area contributed by atoms with Gasteiger partial charge >= 0.3 is 6.03 Å². The normalized spacial score (nSPS) is 21.7. The smallest absolute Gasteiger partial charge is 0.325 e. The molecule has 2 aromatic rings. The zero-order valence-electron chi connectivity index (χ0n) is 18.4. The molecule has 2 aliphatic heterocycles. The lowest BCUT2D eigenvalue weighted by molar-refractivity contribution is -0.134. The number of rotatable bonds is 7. The second kappa shape index (κ2) is 8.53. The second-order valence-corrected chi connectivity index (χ2v) is 8.02. The summed E-state index contributed by atoms with van der Waals surface area (Å²) in [5.41, 5.74) is 0.976. The number of nitrogens with zero attached hydrogens (tertiary/aromatic N) is 1. The fraction of sp³-hybridized carbons (Fsp3) is 0.375. The maximum atomic E-state index is 13.2. The summed E-state index contributed by atoms with van der Waals surface area (Å²) in [7, 11) is 0. The number of imide groups is 1. The molecule has 2 atom stereocenters. The molecular formula is C24H27N3O5. The van der Waals surface area contributed by atoms with Crippen LogP contribution in [-0.4, -0.2) is 42.0 Å². The summed E-state index contributed by atoms with van der Waals surface area (Å²) in [6.07, 6.45) is 1.19. The summed E-state index contributed by atoms with van der Waals surface area (Å²) >= 11 is 0. The van der Waals surface area contributed by atoms with Crippen molar-refractivity contribution in [2.24, 2.45) is 0 Å². The van der Waals surface area contributed by atoms with Crippen LogP contribution in [-0.2, 0) is 21.5 Å². The van der Waals surface area contributed by atoms with E-state index in [9.17, 15) is 14.4 Å². The highest BCUT2D eigenvalue weighted by Gasteiger charge is 2.51. The van der Waals surface area contributed by atoms with Crippen molar-refractivity contribution in [1.29, 1.82) is 0 Å². The molecule has 32 heavy (non-hydrogen) atoms. The Bertz CT molecular complexity index is 1060. The molecule has 0 aromatic heterocycles. The van der Waals surface area contributed by atoms with Crippen molar-refractivity contribution in [2.75, 3.05) is 18.5 Å². The molecule has 8 heteroatoms. The van der Waals surface area contributed by atoms with Crippen LogP contribution >= 0.6 is 0 Å². The minimum atomic E-state index is -1.17. The van der Waals surface area contributed by atoms with Gasteiger partial charge < -0.3 is 20.1 Å². The highest BCUT2D eigenvalue weighted by atomic mass is 16.5. The van der Waals surface area contributed by atoms with E-state index in [1.807, 2.05) is 45.0 Å². The Morgan fingerprint density at radius 3 is 2.69 bits per heavy atom. The molecule has 2 aromatic carbocycles. The fourth-order valence-electron chi connectivity index (χ4n) is 4.28. The van der Waals surface area contributed by atoms with Gasteiger partial charge in [0.2, 0.25) is 5.91 Å². The summed E-state index contributed by atoms with van der Waals surface area (Å²) in [5.74, 6) is 0.282. The lowest BCUT2D eigenvalue weighted by atomic mass is 9.87. The van der Waals surface area contributed by atoms with Gasteiger partial charge in [0.05, 0.1) is 12.3 Å². The molecule has 1 fully saturated rings. The Morgan fingerprint density at radius 2 is 2.00 bits per heavy atom. The molecule has 0 aliphatic carbocycles. The highest BCUT2D eigenvalue weighted by Crippen LogP contribution is 2.38. The third-order valence-corrected chi connectivity index (χ3v) is 5.85. The molecular weight excluding hydrogens is 410 g/mol. The SMILES string of the molecule is CCOc1cc2c(cc1NC(=O)CN1C(=O)N[C@](CC)(c3ccccc3)C1=O)O[C@H](C)C2. The first-order valence-corrected chi connectivity index (χ1v) is 10.8. The van der Waals surface area contributed by atoms with Gasteiger partial charge in [-0.2, -0.15) is 0 Å². The molecule has 1 saturated heterocycles. The molecule has 0 spiro atoms. The van der Waals surface area contributed by atoms with Crippen LogP contribution in [0.1, 0.15) is 38.3 Å². The standard InChI is InChI=1S/C24H27N3O5/c1-4-24(17-9-7-6-8-10-17)22(29)27(23(30)26-24)14-21(28)25-18-13-19-16(11-15(3)32-19)12-20(18)31-5-2/h6-10,12-13,15H,4-5,11,14H2,1-3H3,(H,25,28)(H,26,30)/t15-,24-/m1/s1. The van der Waals surface area contributed by atoms with Gasteiger partial charge in [-0.25, -0.2) is 4.79 Å². The summed E-state index contributed by atoms with van der Waals surface area (Å²) in [5, 5.41) is 5.56. The van der Waals surface area contributed by atoms with Crippen LogP contribution in [0.5, 0.6) is 11.5 Å². The van der Waals surface area contributed by atoms with E-state index < -0.39 is 29.9 Å². The van der Waals surface area contributed by atoms with E-state index in [1.165, 1.54) is 0 Å². The second-order valence-electron chi connectivity index (χ2n) is 8.02. The average molecular weight is 437 g/mol. The van der Waals surface area contributed by atoms with E-state index in [2.05, 4.69) is 10.6 Å². The van der Waals surface area contributed by atoms with Gasteiger partial charge in [0.15, 0.2) is 0 Å². The van der Waals surface area contributed by atoms with Crippen LogP contribution in [0.2, 0.25) is 0 Å².